The number of nitrogens with zero attached hydrogens (tertiary/aromatic N) is 2. The van der Waals surface area contributed by atoms with Crippen molar-refractivity contribution in [2.45, 2.75) is 38.8 Å². The number of aliphatic carboxylic acids is 1. The maximum absolute atomic E-state index is 12.8. The van der Waals surface area contributed by atoms with Crippen LogP contribution in [-0.2, 0) is 17.8 Å². The first-order valence-corrected chi connectivity index (χ1v) is 9.13. The summed E-state index contributed by atoms with van der Waals surface area (Å²) in [5, 5.41) is 17.3. The topological polar surface area (TPSA) is 84.2 Å². The van der Waals surface area contributed by atoms with E-state index in [1.165, 1.54) is 0 Å². The van der Waals surface area contributed by atoms with E-state index in [1.54, 1.807) is 0 Å². The van der Waals surface area contributed by atoms with Crippen molar-refractivity contribution in [1.82, 2.24) is 15.1 Å². The molecule has 0 saturated carbocycles. The first-order chi connectivity index (χ1) is 13.1. The van der Waals surface area contributed by atoms with Crippen LogP contribution in [0.4, 0.5) is 0 Å². The molecule has 0 bridgehead atoms. The molecular weight excluding hydrogens is 342 g/mol. The Morgan fingerprint density at radius 2 is 1.81 bits per heavy atom. The molecule has 2 aromatic carbocycles. The van der Waals surface area contributed by atoms with Gasteiger partial charge in [0.15, 0.2) is 5.69 Å². The lowest BCUT2D eigenvalue weighted by molar-refractivity contribution is -0.139. The quantitative estimate of drug-likeness (QED) is 0.642. The largest absolute Gasteiger partial charge is 0.480 e. The molecule has 0 aliphatic heterocycles. The van der Waals surface area contributed by atoms with Crippen LogP contribution in [0.1, 0.15) is 35.8 Å². The van der Waals surface area contributed by atoms with E-state index in [2.05, 4.69) is 17.3 Å². The number of para-hydroxylation sites is 1. The number of aromatic nitrogens is 2. The number of carbonyl (C=O) groups excluding carboxylic acids is 1. The van der Waals surface area contributed by atoms with Gasteiger partial charge in [-0.2, -0.15) is 5.10 Å². The number of aryl methyl sites for hydroxylation is 1. The SMILES string of the molecule is CCCCn1nc(C(=O)NC(Cc2ccccc2)C(=O)O)c2ccccc21. The van der Waals surface area contributed by atoms with Crippen molar-refractivity contribution in [3.8, 4) is 0 Å². The van der Waals surface area contributed by atoms with E-state index in [-0.39, 0.29) is 12.1 Å². The van der Waals surface area contributed by atoms with Gasteiger partial charge >= 0.3 is 5.97 Å². The highest BCUT2D eigenvalue weighted by Crippen LogP contribution is 2.19. The Balaban J connectivity index is 1.85. The van der Waals surface area contributed by atoms with E-state index in [4.69, 9.17) is 0 Å². The molecule has 6 nitrogen and oxygen atoms in total. The van der Waals surface area contributed by atoms with Crippen LogP contribution in [0.25, 0.3) is 10.9 Å². The number of amides is 1. The maximum atomic E-state index is 12.8. The number of carboxylic acids is 1. The third kappa shape index (κ3) is 4.34. The average molecular weight is 365 g/mol. The number of benzene rings is 2. The second kappa shape index (κ2) is 8.49. The number of rotatable bonds is 8. The number of nitrogens with one attached hydrogen (secondary N) is 1. The van der Waals surface area contributed by atoms with Gasteiger partial charge in [0.2, 0.25) is 0 Å². The van der Waals surface area contributed by atoms with Gasteiger partial charge in [0.05, 0.1) is 5.52 Å². The van der Waals surface area contributed by atoms with Gasteiger partial charge in [0.25, 0.3) is 5.91 Å². The van der Waals surface area contributed by atoms with Crippen molar-refractivity contribution >= 4 is 22.8 Å². The molecule has 1 aromatic heterocycles. The molecular formula is C21H23N3O3. The summed E-state index contributed by atoms with van der Waals surface area (Å²) in [4.78, 5) is 24.4. The molecule has 0 fully saturated rings. The van der Waals surface area contributed by atoms with Crippen molar-refractivity contribution in [1.29, 1.82) is 0 Å². The van der Waals surface area contributed by atoms with E-state index < -0.39 is 17.9 Å². The zero-order valence-corrected chi connectivity index (χ0v) is 15.3. The van der Waals surface area contributed by atoms with Gasteiger partial charge in [0, 0.05) is 18.4 Å². The van der Waals surface area contributed by atoms with E-state index in [0.717, 1.165) is 35.9 Å². The first-order valence-electron chi connectivity index (χ1n) is 9.13. The highest BCUT2D eigenvalue weighted by molar-refractivity contribution is 6.05. The van der Waals surface area contributed by atoms with Gasteiger partial charge in [-0.3, -0.25) is 9.48 Å². The summed E-state index contributed by atoms with van der Waals surface area (Å²) in [6, 6.07) is 15.8. The lowest BCUT2D eigenvalue weighted by Gasteiger charge is -2.14. The molecule has 0 aliphatic carbocycles. The summed E-state index contributed by atoms with van der Waals surface area (Å²) in [6.07, 6.45) is 2.20. The molecule has 1 atom stereocenters. The molecule has 1 amide bonds. The van der Waals surface area contributed by atoms with E-state index in [9.17, 15) is 14.7 Å². The molecule has 1 unspecified atom stereocenters. The number of unbranched alkanes of at least 4 members (excludes halogenated alkanes) is 1. The highest BCUT2D eigenvalue weighted by atomic mass is 16.4. The van der Waals surface area contributed by atoms with Crippen molar-refractivity contribution in [3.05, 3.63) is 65.9 Å². The van der Waals surface area contributed by atoms with Crippen molar-refractivity contribution in [2.75, 3.05) is 0 Å². The summed E-state index contributed by atoms with van der Waals surface area (Å²) >= 11 is 0. The predicted molar refractivity (Wildman–Crippen MR) is 104 cm³/mol. The summed E-state index contributed by atoms with van der Waals surface area (Å²) < 4.78 is 1.82. The van der Waals surface area contributed by atoms with Gasteiger partial charge in [-0.1, -0.05) is 61.9 Å². The van der Waals surface area contributed by atoms with E-state index in [1.807, 2.05) is 59.3 Å². The van der Waals surface area contributed by atoms with Crippen LogP contribution in [-0.4, -0.2) is 32.8 Å². The van der Waals surface area contributed by atoms with Gasteiger partial charge in [-0.05, 0) is 18.1 Å². The molecule has 1 heterocycles. The van der Waals surface area contributed by atoms with Crippen LogP contribution in [0.5, 0.6) is 0 Å². The van der Waals surface area contributed by atoms with Crippen molar-refractivity contribution in [2.24, 2.45) is 0 Å². The second-order valence-electron chi connectivity index (χ2n) is 6.50. The summed E-state index contributed by atoms with van der Waals surface area (Å²) in [5.41, 5.74) is 2.00. The Morgan fingerprint density at radius 3 is 2.52 bits per heavy atom. The minimum Gasteiger partial charge on any atom is -0.480 e. The zero-order valence-electron chi connectivity index (χ0n) is 15.3. The fourth-order valence-electron chi connectivity index (χ4n) is 3.05. The van der Waals surface area contributed by atoms with E-state index >= 15 is 0 Å². The van der Waals surface area contributed by atoms with Gasteiger partial charge in [-0.15, -0.1) is 0 Å². The summed E-state index contributed by atoms with van der Waals surface area (Å²) in [5.74, 6) is -1.54. The Hall–Kier alpha value is -3.15. The lowest BCUT2D eigenvalue weighted by Crippen LogP contribution is -2.42. The van der Waals surface area contributed by atoms with Gasteiger partial charge < -0.3 is 10.4 Å². The Morgan fingerprint density at radius 1 is 1.11 bits per heavy atom. The molecule has 140 valence electrons. The Labute approximate surface area is 157 Å². The molecule has 3 aromatic rings. The minimum absolute atomic E-state index is 0.219. The van der Waals surface area contributed by atoms with Gasteiger partial charge in [0.1, 0.15) is 6.04 Å². The number of hydrogen-bond donors (Lipinski definition) is 2. The predicted octanol–water partition coefficient (Wildman–Crippen LogP) is 3.26. The number of carboxylic acid groups (broad SMARTS) is 1. The molecule has 0 spiro atoms. The zero-order chi connectivity index (χ0) is 19.2. The minimum atomic E-state index is -1.07. The normalized spacial score (nSPS) is 12.0. The monoisotopic (exact) mass is 365 g/mol. The standard InChI is InChI=1S/C21H23N3O3/c1-2-3-13-24-18-12-8-7-11-16(18)19(23-24)20(25)22-17(21(26)27)14-15-9-5-4-6-10-15/h4-12,17H,2-3,13-14H2,1H3,(H,22,25)(H,26,27). The van der Waals surface area contributed by atoms with Crippen LogP contribution >= 0.6 is 0 Å². The highest BCUT2D eigenvalue weighted by Gasteiger charge is 2.24. The van der Waals surface area contributed by atoms with Crippen molar-refractivity contribution in [3.63, 3.8) is 0 Å². The number of carbonyl (C=O) groups is 2. The molecule has 0 saturated heterocycles. The smallest absolute Gasteiger partial charge is 0.326 e. The molecule has 6 heteroatoms. The number of fused-ring (bicyclic) bond motifs is 1. The van der Waals surface area contributed by atoms with Crippen molar-refractivity contribution < 1.29 is 14.7 Å². The molecule has 27 heavy (non-hydrogen) atoms. The Kier molecular flexibility index (Phi) is 5.86. The van der Waals surface area contributed by atoms with Crippen LogP contribution < -0.4 is 5.32 Å². The van der Waals surface area contributed by atoms with Crippen LogP contribution in [0.15, 0.2) is 54.6 Å². The Bertz CT molecular complexity index is 934. The average Bonchev–Trinajstić information content (AvgIpc) is 3.05. The summed E-state index contributed by atoms with van der Waals surface area (Å²) in [7, 11) is 0. The fraction of sp³-hybridized carbons (Fsp3) is 0.286. The fourth-order valence-corrected chi connectivity index (χ4v) is 3.05. The molecule has 3 rings (SSSR count). The van der Waals surface area contributed by atoms with E-state index in [0.29, 0.717) is 0 Å². The van der Waals surface area contributed by atoms with Crippen LogP contribution in [0.3, 0.4) is 0 Å². The lowest BCUT2D eigenvalue weighted by atomic mass is 10.1. The second-order valence-corrected chi connectivity index (χ2v) is 6.50. The molecule has 2 N–H and O–H groups in total. The third-order valence-electron chi connectivity index (χ3n) is 4.48. The first kappa shape index (κ1) is 18.6. The van der Waals surface area contributed by atoms with Gasteiger partial charge in [-0.25, -0.2) is 4.79 Å². The molecule has 0 radical (unpaired) electrons. The summed E-state index contributed by atoms with van der Waals surface area (Å²) in [6.45, 7) is 2.82. The van der Waals surface area contributed by atoms with Crippen LogP contribution in [0, 0.1) is 0 Å². The van der Waals surface area contributed by atoms with Crippen LogP contribution in [0.2, 0.25) is 0 Å². The molecule has 0 aliphatic rings. The number of hydrogen-bond acceptors (Lipinski definition) is 3. The maximum Gasteiger partial charge on any atom is 0.326 e. The third-order valence-corrected chi connectivity index (χ3v) is 4.48.